The number of hydrogen-bond donors (Lipinski definition) is 0. The van der Waals surface area contributed by atoms with Gasteiger partial charge in [0, 0.05) is 70.4 Å². The van der Waals surface area contributed by atoms with Crippen LogP contribution in [0.3, 0.4) is 0 Å². The predicted molar refractivity (Wildman–Crippen MR) is 107 cm³/mol. The molecule has 0 bridgehead atoms. The van der Waals surface area contributed by atoms with Crippen molar-refractivity contribution >= 4 is 17.8 Å². The Morgan fingerprint density at radius 3 is 2.14 bits per heavy atom. The average molecular weight is 382 g/mol. The third-order valence-corrected chi connectivity index (χ3v) is 5.25. The molecular weight excluding hydrogens is 356 g/mol. The smallest absolute Gasteiger partial charge is 0.272 e. The van der Waals surface area contributed by atoms with Crippen molar-refractivity contribution in [2.75, 3.05) is 69.2 Å². The lowest BCUT2D eigenvalue weighted by Gasteiger charge is -2.35. The Bertz CT molecular complexity index is 814. The zero-order valence-electron chi connectivity index (χ0n) is 16.5. The first kappa shape index (κ1) is 18.5. The first-order chi connectivity index (χ1) is 13.6. The maximum absolute atomic E-state index is 13.0. The third kappa shape index (κ3) is 4.04. The van der Waals surface area contributed by atoms with E-state index in [1.165, 1.54) is 0 Å². The van der Waals surface area contributed by atoms with E-state index >= 15 is 0 Å². The molecule has 0 aliphatic carbocycles. The van der Waals surface area contributed by atoms with Gasteiger partial charge >= 0.3 is 0 Å². The van der Waals surface area contributed by atoms with Crippen molar-refractivity contribution in [3.8, 4) is 0 Å². The van der Waals surface area contributed by atoms with Crippen LogP contribution in [0.2, 0.25) is 0 Å². The number of carbonyl (C=O) groups is 1. The van der Waals surface area contributed by atoms with Crippen LogP contribution in [0.25, 0.3) is 0 Å². The molecule has 2 fully saturated rings. The summed E-state index contributed by atoms with van der Waals surface area (Å²) in [5.74, 6) is 1.34. The van der Waals surface area contributed by atoms with Crippen molar-refractivity contribution < 1.29 is 4.79 Å². The number of aryl methyl sites for hydroxylation is 1. The normalized spacial score (nSPS) is 18.4. The Kier molecular flexibility index (Phi) is 5.34. The molecule has 0 saturated carbocycles. The second kappa shape index (κ2) is 8.05. The van der Waals surface area contributed by atoms with E-state index in [1.54, 1.807) is 24.5 Å². The summed E-state index contributed by atoms with van der Waals surface area (Å²) in [5.41, 5.74) is 1.30. The minimum absolute atomic E-state index is 0.0329. The summed E-state index contributed by atoms with van der Waals surface area (Å²) in [6, 6.07) is 3.59. The van der Waals surface area contributed by atoms with Gasteiger partial charge in [-0.25, -0.2) is 19.9 Å². The SMILES string of the molecule is Cc1cc(C(=O)N2CCN(c3ncccn3)CC2)nc(N2CCN(C)CC2)n1. The summed E-state index contributed by atoms with van der Waals surface area (Å²) < 4.78 is 0. The van der Waals surface area contributed by atoms with Crippen LogP contribution < -0.4 is 9.80 Å². The topological polar surface area (TPSA) is 81.6 Å². The number of amides is 1. The summed E-state index contributed by atoms with van der Waals surface area (Å²) in [4.78, 5) is 39.2. The molecule has 0 atom stereocenters. The Labute approximate surface area is 165 Å². The van der Waals surface area contributed by atoms with Crippen LogP contribution in [-0.4, -0.2) is 95.0 Å². The standard InChI is InChI=1S/C19H26N8O/c1-15-14-16(23-19(22-15)27-8-6-24(2)7-9-27)17(28)25-10-12-26(13-11-25)18-20-4-3-5-21-18/h3-5,14H,6-13H2,1-2H3. The highest BCUT2D eigenvalue weighted by Crippen LogP contribution is 2.16. The highest BCUT2D eigenvalue weighted by Gasteiger charge is 2.26. The van der Waals surface area contributed by atoms with E-state index in [0.717, 1.165) is 31.9 Å². The Morgan fingerprint density at radius 1 is 0.857 bits per heavy atom. The van der Waals surface area contributed by atoms with E-state index in [1.807, 2.05) is 11.8 Å². The van der Waals surface area contributed by atoms with E-state index in [-0.39, 0.29) is 5.91 Å². The van der Waals surface area contributed by atoms with E-state index in [2.05, 4.69) is 41.7 Å². The maximum Gasteiger partial charge on any atom is 0.272 e. The number of hydrogen-bond acceptors (Lipinski definition) is 8. The Hall–Kier alpha value is -2.81. The van der Waals surface area contributed by atoms with E-state index < -0.39 is 0 Å². The van der Waals surface area contributed by atoms with Crippen molar-refractivity contribution in [1.29, 1.82) is 0 Å². The van der Waals surface area contributed by atoms with Crippen LogP contribution >= 0.6 is 0 Å². The summed E-state index contributed by atoms with van der Waals surface area (Å²) >= 11 is 0. The molecule has 0 spiro atoms. The van der Waals surface area contributed by atoms with Crippen LogP contribution in [0.4, 0.5) is 11.9 Å². The fourth-order valence-electron chi connectivity index (χ4n) is 3.54. The maximum atomic E-state index is 13.0. The van der Waals surface area contributed by atoms with Gasteiger partial charge in [0.1, 0.15) is 5.69 Å². The number of piperazine rings is 2. The summed E-state index contributed by atoms with van der Waals surface area (Å²) in [6.07, 6.45) is 3.48. The first-order valence-electron chi connectivity index (χ1n) is 9.70. The molecule has 2 aliphatic heterocycles. The second-order valence-corrected chi connectivity index (χ2v) is 7.31. The molecular formula is C19H26N8O. The van der Waals surface area contributed by atoms with Crippen molar-refractivity contribution in [3.05, 3.63) is 35.9 Å². The second-order valence-electron chi connectivity index (χ2n) is 7.31. The van der Waals surface area contributed by atoms with Gasteiger partial charge in [-0.1, -0.05) is 0 Å². The molecule has 2 saturated heterocycles. The highest BCUT2D eigenvalue weighted by molar-refractivity contribution is 5.92. The van der Waals surface area contributed by atoms with Gasteiger partial charge in [-0.15, -0.1) is 0 Å². The molecule has 2 aromatic heterocycles. The molecule has 148 valence electrons. The van der Waals surface area contributed by atoms with Crippen molar-refractivity contribution in [3.63, 3.8) is 0 Å². The number of carbonyl (C=O) groups excluding carboxylic acids is 1. The van der Waals surface area contributed by atoms with E-state index in [9.17, 15) is 4.79 Å². The predicted octanol–water partition coefficient (Wildman–Crippen LogP) is 0.289. The van der Waals surface area contributed by atoms with Crippen LogP contribution in [0.1, 0.15) is 16.2 Å². The summed E-state index contributed by atoms with van der Waals surface area (Å²) in [7, 11) is 2.11. The van der Waals surface area contributed by atoms with E-state index in [4.69, 9.17) is 0 Å². The molecule has 1 amide bonds. The zero-order valence-corrected chi connectivity index (χ0v) is 16.5. The van der Waals surface area contributed by atoms with Gasteiger partial charge in [0.25, 0.3) is 5.91 Å². The zero-order chi connectivity index (χ0) is 19.5. The van der Waals surface area contributed by atoms with Gasteiger partial charge in [0.15, 0.2) is 0 Å². The molecule has 9 nitrogen and oxygen atoms in total. The van der Waals surface area contributed by atoms with Crippen LogP contribution in [0.5, 0.6) is 0 Å². The van der Waals surface area contributed by atoms with Crippen LogP contribution in [0, 0.1) is 6.92 Å². The number of aromatic nitrogens is 4. The van der Waals surface area contributed by atoms with Gasteiger partial charge < -0.3 is 19.6 Å². The summed E-state index contributed by atoms with van der Waals surface area (Å²) in [5, 5.41) is 0. The van der Waals surface area contributed by atoms with Gasteiger partial charge in [-0.3, -0.25) is 4.79 Å². The molecule has 9 heteroatoms. The molecule has 4 heterocycles. The molecule has 2 aliphatic rings. The monoisotopic (exact) mass is 382 g/mol. The van der Waals surface area contributed by atoms with Crippen LogP contribution in [0.15, 0.2) is 24.5 Å². The Morgan fingerprint density at radius 2 is 1.46 bits per heavy atom. The number of anilines is 2. The number of nitrogens with zero attached hydrogens (tertiary/aromatic N) is 8. The lowest BCUT2D eigenvalue weighted by molar-refractivity contribution is 0.0740. The van der Waals surface area contributed by atoms with Gasteiger partial charge in [0.05, 0.1) is 0 Å². The van der Waals surface area contributed by atoms with Gasteiger partial charge in [0.2, 0.25) is 11.9 Å². The molecule has 2 aromatic rings. The molecule has 0 aromatic carbocycles. The van der Waals surface area contributed by atoms with Gasteiger partial charge in [-0.05, 0) is 26.1 Å². The molecule has 0 N–H and O–H groups in total. The number of rotatable bonds is 3. The summed E-state index contributed by atoms with van der Waals surface area (Å²) in [6.45, 7) is 8.31. The lowest BCUT2D eigenvalue weighted by atomic mass is 10.2. The largest absolute Gasteiger partial charge is 0.338 e. The Balaban J connectivity index is 1.43. The molecule has 28 heavy (non-hydrogen) atoms. The fourth-order valence-corrected chi connectivity index (χ4v) is 3.54. The quantitative estimate of drug-likeness (QED) is 0.749. The molecule has 0 radical (unpaired) electrons. The van der Waals surface area contributed by atoms with E-state index in [0.29, 0.717) is 43.8 Å². The third-order valence-electron chi connectivity index (χ3n) is 5.25. The fraction of sp³-hybridized carbons (Fsp3) is 0.526. The highest BCUT2D eigenvalue weighted by atomic mass is 16.2. The number of likely N-dealkylation sites (N-methyl/N-ethyl adjacent to an activating group) is 1. The van der Waals surface area contributed by atoms with Gasteiger partial charge in [-0.2, -0.15) is 0 Å². The van der Waals surface area contributed by atoms with Crippen molar-refractivity contribution in [1.82, 2.24) is 29.7 Å². The van der Waals surface area contributed by atoms with Crippen molar-refractivity contribution in [2.24, 2.45) is 0 Å². The minimum atomic E-state index is -0.0329. The average Bonchev–Trinajstić information content (AvgIpc) is 2.74. The first-order valence-corrected chi connectivity index (χ1v) is 9.70. The molecule has 4 rings (SSSR count). The lowest BCUT2D eigenvalue weighted by Crippen LogP contribution is -2.49. The minimum Gasteiger partial charge on any atom is -0.338 e. The molecule has 0 unspecified atom stereocenters. The van der Waals surface area contributed by atoms with Crippen LogP contribution in [-0.2, 0) is 0 Å². The van der Waals surface area contributed by atoms with Crippen molar-refractivity contribution in [2.45, 2.75) is 6.92 Å².